The van der Waals surface area contributed by atoms with Gasteiger partial charge in [0.05, 0.1) is 0 Å². The van der Waals surface area contributed by atoms with Crippen LogP contribution in [0.4, 0.5) is 5.69 Å². The molecule has 0 fully saturated rings. The van der Waals surface area contributed by atoms with Gasteiger partial charge in [-0.05, 0) is 62.1 Å². The third-order valence-corrected chi connectivity index (χ3v) is 3.90. The van der Waals surface area contributed by atoms with Gasteiger partial charge in [-0.1, -0.05) is 34.1 Å². The Labute approximate surface area is 129 Å². The molecule has 2 N–H and O–H groups in total. The van der Waals surface area contributed by atoms with Crippen molar-refractivity contribution in [3.63, 3.8) is 0 Å². The highest BCUT2D eigenvalue weighted by atomic mass is 79.9. The fourth-order valence-corrected chi connectivity index (χ4v) is 2.49. The summed E-state index contributed by atoms with van der Waals surface area (Å²) in [7, 11) is 0. The summed E-state index contributed by atoms with van der Waals surface area (Å²) in [5, 5.41) is 12.8. The minimum Gasteiger partial charge on any atom is -0.508 e. The van der Waals surface area contributed by atoms with E-state index in [0.717, 1.165) is 17.3 Å². The van der Waals surface area contributed by atoms with Gasteiger partial charge in [-0.2, -0.15) is 0 Å². The van der Waals surface area contributed by atoms with Gasteiger partial charge in [0.1, 0.15) is 5.75 Å². The lowest BCUT2D eigenvalue weighted by atomic mass is 10.1. The molecule has 0 aliphatic heterocycles. The average Bonchev–Trinajstić information content (AvgIpc) is 2.42. The van der Waals surface area contributed by atoms with Crippen LogP contribution in [0, 0.1) is 6.92 Å². The summed E-state index contributed by atoms with van der Waals surface area (Å²) >= 11 is 3.51. The van der Waals surface area contributed by atoms with Crippen LogP contribution < -0.4 is 5.32 Å². The van der Waals surface area contributed by atoms with E-state index in [1.54, 1.807) is 12.1 Å². The van der Waals surface area contributed by atoms with Gasteiger partial charge >= 0.3 is 0 Å². The molecule has 2 aromatic rings. The molecule has 0 aliphatic carbocycles. The Hall–Kier alpha value is -1.48. The van der Waals surface area contributed by atoms with E-state index in [0.29, 0.717) is 11.8 Å². The van der Waals surface area contributed by atoms with Crippen LogP contribution in [0.2, 0.25) is 0 Å². The third kappa shape index (κ3) is 4.27. The van der Waals surface area contributed by atoms with Crippen molar-refractivity contribution < 1.29 is 5.11 Å². The van der Waals surface area contributed by atoms with Crippen LogP contribution in [-0.4, -0.2) is 11.1 Å². The van der Waals surface area contributed by atoms with Crippen LogP contribution in [-0.2, 0) is 6.42 Å². The maximum Gasteiger partial charge on any atom is 0.115 e. The van der Waals surface area contributed by atoms with E-state index < -0.39 is 0 Å². The SMILES string of the molecule is Cc1ccc(Br)cc1NC(C)CCc1ccc(O)cc1. The number of halogens is 1. The highest BCUT2D eigenvalue weighted by molar-refractivity contribution is 9.10. The largest absolute Gasteiger partial charge is 0.508 e. The van der Waals surface area contributed by atoms with Crippen LogP contribution in [0.3, 0.4) is 0 Å². The van der Waals surface area contributed by atoms with Crippen molar-refractivity contribution in [1.29, 1.82) is 0 Å². The summed E-state index contributed by atoms with van der Waals surface area (Å²) in [5.41, 5.74) is 3.68. The second-order valence-electron chi connectivity index (χ2n) is 5.21. The van der Waals surface area contributed by atoms with Crippen LogP contribution in [0.1, 0.15) is 24.5 Å². The lowest BCUT2D eigenvalue weighted by molar-refractivity contribution is 0.475. The van der Waals surface area contributed by atoms with Gasteiger partial charge in [0.2, 0.25) is 0 Å². The summed E-state index contributed by atoms with van der Waals surface area (Å²) < 4.78 is 1.09. The zero-order chi connectivity index (χ0) is 14.5. The zero-order valence-electron chi connectivity index (χ0n) is 11.9. The Balaban J connectivity index is 1.90. The van der Waals surface area contributed by atoms with Crippen LogP contribution in [0.15, 0.2) is 46.9 Å². The molecule has 106 valence electrons. The molecule has 0 radical (unpaired) electrons. The third-order valence-electron chi connectivity index (χ3n) is 3.40. The molecule has 0 aliphatic rings. The molecule has 0 saturated heterocycles. The standard InChI is InChI=1S/C17H20BrNO/c1-12-3-8-15(18)11-17(12)19-13(2)4-5-14-6-9-16(20)10-7-14/h3,6-11,13,19-20H,4-5H2,1-2H3. The molecule has 0 saturated carbocycles. The number of benzene rings is 2. The summed E-state index contributed by atoms with van der Waals surface area (Å²) in [6, 6.07) is 14.1. The van der Waals surface area contributed by atoms with E-state index >= 15 is 0 Å². The van der Waals surface area contributed by atoms with Crippen LogP contribution in [0.25, 0.3) is 0 Å². The lowest BCUT2D eigenvalue weighted by Crippen LogP contribution is -2.16. The van der Waals surface area contributed by atoms with Crippen molar-refractivity contribution in [3.8, 4) is 5.75 Å². The molecule has 2 nitrogen and oxygen atoms in total. The molecule has 0 heterocycles. The van der Waals surface area contributed by atoms with Gasteiger partial charge < -0.3 is 10.4 Å². The Kier molecular flexibility index (Phi) is 5.07. The van der Waals surface area contributed by atoms with E-state index in [4.69, 9.17) is 0 Å². The zero-order valence-corrected chi connectivity index (χ0v) is 13.4. The van der Waals surface area contributed by atoms with E-state index in [2.05, 4.69) is 53.3 Å². The monoisotopic (exact) mass is 333 g/mol. The smallest absolute Gasteiger partial charge is 0.115 e. The number of aryl methyl sites for hydroxylation is 2. The van der Waals surface area contributed by atoms with Crippen LogP contribution >= 0.6 is 15.9 Å². The van der Waals surface area contributed by atoms with E-state index in [-0.39, 0.29) is 0 Å². The number of phenolic OH excluding ortho intramolecular Hbond substituents is 1. The maximum atomic E-state index is 9.27. The molecule has 1 atom stereocenters. The molecule has 0 spiro atoms. The highest BCUT2D eigenvalue weighted by Gasteiger charge is 2.05. The van der Waals surface area contributed by atoms with Gasteiger partial charge in [-0.25, -0.2) is 0 Å². The molecule has 2 rings (SSSR count). The van der Waals surface area contributed by atoms with E-state index in [9.17, 15) is 5.11 Å². The number of rotatable bonds is 5. The Morgan fingerprint density at radius 3 is 2.55 bits per heavy atom. The van der Waals surface area contributed by atoms with Gasteiger partial charge in [0.15, 0.2) is 0 Å². The summed E-state index contributed by atoms with van der Waals surface area (Å²) in [5.74, 6) is 0.324. The first-order valence-corrected chi connectivity index (χ1v) is 7.64. The van der Waals surface area contributed by atoms with Crippen molar-refractivity contribution in [3.05, 3.63) is 58.1 Å². The Bertz CT molecular complexity index is 566. The summed E-state index contributed by atoms with van der Waals surface area (Å²) in [4.78, 5) is 0. The van der Waals surface area contributed by atoms with Crippen molar-refractivity contribution in [2.45, 2.75) is 32.7 Å². The molecular formula is C17H20BrNO. The average molecular weight is 334 g/mol. The predicted molar refractivity (Wildman–Crippen MR) is 88.4 cm³/mol. The molecule has 1 unspecified atom stereocenters. The number of nitrogens with one attached hydrogen (secondary N) is 1. The quantitative estimate of drug-likeness (QED) is 0.815. The van der Waals surface area contributed by atoms with E-state index in [1.807, 2.05) is 12.1 Å². The normalized spacial score (nSPS) is 12.2. The second-order valence-corrected chi connectivity index (χ2v) is 6.13. The van der Waals surface area contributed by atoms with Gasteiger partial charge in [-0.3, -0.25) is 0 Å². The first kappa shape index (κ1) is 14.9. The molecule has 2 aromatic carbocycles. The van der Waals surface area contributed by atoms with Gasteiger partial charge in [-0.15, -0.1) is 0 Å². The molecule has 0 bridgehead atoms. The number of anilines is 1. The Morgan fingerprint density at radius 2 is 1.85 bits per heavy atom. The van der Waals surface area contributed by atoms with Crippen molar-refractivity contribution in [2.75, 3.05) is 5.32 Å². The molecule has 0 amide bonds. The Morgan fingerprint density at radius 1 is 1.15 bits per heavy atom. The molecular weight excluding hydrogens is 314 g/mol. The summed E-state index contributed by atoms with van der Waals surface area (Å²) in [6.07, 6.45) is 2.05. The number of hydrogen-bond donors (Lipinski definition) is 2. The highest BCUT2D eigenvalue weighted by Crippen LogP contribution is 2.22. The molecule has 3 heteroatoms. The topological polar surface area (TPSA) is 32.3 Å². The van der Waals surface area contributed by atoms with Gasteiger partial charge in [0, 0.05) is 16.2 Å². The number of phenols is 1. The number of hydrogen-bond acceptors (Lipinski definition) is 2. The molecule has 20 heavy (non-hydrogen) atoms. The van der Waals surface area contributed by atoms with Gasteiger partial charge in [0.25, 0.3) is 0 Å². The fraction of sp³-hybridized carbons (Fsp3) is 0.294. The molecule has 0 aromatic heterocycles. The minimum atomic E-state index is 0.324. The maximum absolute atomic E-state index is 9.27. The van der Waals surface area contributed by atoms with Crippen molar-refractivity contribution in [1.82, 2.24) is 0 Å². The van der Waals surface area contributed by atoms with Crippen molar-refractivity contribution >= 4 is 21.6 Å². The fourth-order valence-electron chi connectivity index (χ4n) is 2.13. The first-order chi connectivity index (χ1) is 9.54. The summed E-state index contributed by atoms with van der Waals surface area (Å²) in [6.45, 7) is 4.31. The number of aromatic hydroxyl groups is 1. The van der Waals surface area contributed by atoms with Crippen LogP contribution in [0.5, 0.6) is 5.75 Å². The lowest BCUT2D eigenvalue weighted by Gasteiger charge is -2.17. The van der Waals surface area contributed by atoms with E-state index in [1.165, 1.54) is 16.8 Å². The first-order valence-electron chi connectivity index (χ1n) is 6.85. The van der Waals surface area contributed by atoms with Crippen molar-refractivity contribution in [2.24, 2.45) is 0 Å². The predicted octanol–water partition coefficient (Wildman–Crippen LogP) is 4.90. The minimum absolute atomic E-state index is 0.324. The second kappa shape index (κ2) is 6.80.